The van der Waals surface area contributed by atoms with Gasteiger partial charge in [-0.05, 0) is 53.9 Å². The van der Waals surface area contributed by atoms with Crippen molar-refractivity contribution < 1.29 is 4.79 Å². The van der Waals surface area contributed by atoms with Crippen LogP contribution in [0.4, 0.5) is 0 Å². The Bertz CT molecular complexity index is 1470. The molecule has 0 spiro atoms. The van der Waals surface area contributed by atoms with Crippen LogP contribution in [0.25, 0.3) is 11.0 Å². The molecular formula is C29H25ClN4OS. The fraction of sp³-hybridized carbons (Fsp3) is 0.138. The molecule has 0 saturated heterocycles. The van der Waals surface area contributed by atoms with Gasteiger partial charge in [-0.1, -0.05) is 78.0 Å². The van der Waals surface area contributed by atoms with Crippen molar-refractivity contribution in [1.29, 1.82) is 0 Å². The zero-order valence-electron chi connectivity index (χ0n) is 19.8. The zero-order chi connectivity index (χ0) is 24.9. The molecule has 1 N–H and O–H groups in total. The second-order valence-corrected chi connectivity index (χ2v) is 9.94. The second kappa shape index (κ2) is 11.0. The number of hydrogen-bond acceptors (Lipinski definition) is 4. The number of carbonyl (C=O) groups excluding carboxylic acids is 1. The fourth-order valence-electron chi connectivity index (χ4n) is 3.99. The van der Waals surface area contributed by atoms with E-state index < -0.39 is 0 Å². The molecule has 7 heteroatoms. The van der Waals surface area contributed by atoms with Gasteiger partial charge in [0.1, 0.15) is 0 Å². The number of thioether (sulfide) groups is 1. The number of nitrogens with one attached hydrogen (secondary N) is 1. The lowest BCUT2D eigenvalue weighted by molar-refractivity contribution is 0.0940. The minimum atomic E-state index is -0.0885. The highest BCUT2D eigenvalue weighted by Crippen LogP contribution is 2.28. The monoisotopic (exact) mass is 512 g/mol. The van der Waals surface area contributed by atoms with Gasteiger partial charge in [0.2, 0.25) is 0 Å². The van der Waals surface area contributed by atoms with Crippen molar-refractivity contribution in [3.05, 3.63) is 125 Å². The van der Waals surface area contributed by atoms with Crippen LogP contribution in [0.15, 0.2) is 102 Å². The van der Waals surface area contributed by atoms with E-state index in [0.717, 1.165) is 38.1 Å². The summed E-state index contributed by atoms with van der Waals surface area (Å²) in [6, 6.07) is 27.4. The van der Waals surface area contributed by atoms with Gasteiger partial charge in [0, 0.05) is 22.5 Å². The molecule has 5 aromatic rings. The minimum absolute atomic E-state index is 0.0663. The number of pyridine rings is 1. The molecule has 1 atom stereocenters. The number of imidazole rings is 1. The van der Waals surface area contributed by atoms with E-state index in [0.29, 0.717) is 12.1 Å². The topological polar surface area (TPSA) is 59.8 Å². The Labute approximate surface area is 219 Å². The third-order valence-electron chi connectivity index (χ3n) is 6.00. The summed E-state index contributed by atoms with van der Waals surface area (Å²) in [5.74, 6) is 0.696. The Balaban J connectivity index is 1.31. The molecule has 180 valence electrons. The molecule has 5 nitrogen and oxygen atoms in total. The minimum Gasteiger partial charge on any atom is -0.346 e. The van der Waals surface area contributed by atoms with Gasteiger partial charge in [-0.25, -0.2) is 4.98 Å². The zero-order valence-corrected chi connectivity index (χ0v) is 21.3. The summed E-state index contributed by atoms with van der Waals surface area (Å²) in [6.45, 7) is 2.62. The molecule has 2 aromatic heterocycles. The molecular weight excluding hydrogens is 488 g/mol. The molecule has 0 fully saturated rings. The lowest BCUT2D eigenvalue weighted by atomic mass is 10.1. The molecule has 0 aliphatic heterocycles. The second-order valence-electron chi connectivity index (χ2n) is 8.56. The first-order valence-electron chi connectivity index (χ1n) is 11.7. The van der Waals surface area contributed by atoms with Crippen LogP contribution in [0, 0.1) is 0 Å². The molecule has 3 aromatic carbocycles. The number of nitrogens with zero attached hydrogens (tertiary/aromatic N) is 3. The maximum absolute atomic E-state index is 12.8. The molecule has 2 heterocycles. The van der Waals surface area contributed by atoms with Crippen LogP contribution >= 0.6 is 23.4 Å². The summed E-state index contributed by atoms with van der Waals surface area (Å²) in [4.78, 5) is 21.9. The average Bonchev–Trinajstić information content (AvgIpc) is 3.26. The Hall–Kier alpha value is -3.61. The number of fused-ring (bicyclic) bond motifs is 1. The molecule has 36 heavy (non-hydrogen) atoms. The molecule has 0 saturated carbocycles. The van der Waals surface area contributed by atoms with Crippen LogP contribution in [0.5, 0.6) is 0 Å². The van der Waals surface area contributed by atoms with Crippen molar-refractivity contribution in [3.63, 3.8) is 0 Å². The fourth-order valence-corrected chi connectivity index (χ4v) is 5.08. The number of hydrogen-bond donors (Lipinski definition) is 1. The number of amides is 1. The number of rotatable bonds is 8. The van der Waals surface area contributed by atoms with Crippen LogP contribution < -0.4 is 5.32 Å². The van der Waals surface area contributed by atoms with Gasteiger partial charge in [0.15, 0.2) is 5.16 Å². The van der Waals surface area contributed by atoms with Crippen LogP contribution in [-0.4, -0.2) is 20.4 Å². The van der Waals surface area contributed by atoms with Crippen molar-refractivity contribution in [3.8, 4) is 0 Å². The summed E-state index contributed by atoms with van der Waals surface area (Å²) in [6.07, 6.45) is 3.61. The van der Waals surface area contributed by atoms with E-state index in [4.69, 9.17) is 16.6 Å². The van der Waals surface area contributed by atoms with E-state index in [1.54, 1.807) is 18.0 Å². The first-order chi connectivity index (χ1) is 17.6. The molecule has 1 amide bonds. The van der Waals surface area contributed by atoms with Crippen LogP contribution in [-0.2, 0) is 12.3 Å². The first kappa shape index (κ1) is 24.1. The van der Waals surface area contributed by atoms with Crippen molar-refractivity contribution >= 4 is 40.3 Å². The van der Waals surface area contributed by atoms with E-state index in [9.17, 15) is 4.79 Å². The highest BCUT2D eigenvalue weighted by Gasteiger charge is 2.14. The predicted octanol–water partition coefficient (Wildman–Crippen LogP) is 6.92. The third-order valence-corrected chi connectivity index (χ3v) is 7.30. The van der Waals surface area contributed by atoms with Crippen molar-refractivity contribution in [1.82, 2.24) is 19.9 Å². The molecule has 0 aliphatic carbocycles. The predicted molar refractivity (Wildman–Crippen MR) is 146 cm³/mol. The Kier molecular flexibility index (Phi) is 7.35. The van der Waals surface area contributed by atoms with Crippen molar-refractivity contribution in [2.45, 2.75) is 30.4 Å². The Morgan fingerprint density at radius 1 is 0.972 bits per heavy atom. The van der Waals surface area contributed by atoms with Gasteiger partial charge in [0.25, 0.3) is 5.91 Å². The van der Waals surface area contributed by atoms with Gasteiger partial charge in [-0.15, -0.1) is 0 Å². The van der Waals surface area contributed by atoms with Crippen LogP contribution in [0.2, 0.25) is 5.02 Å². The highest BCUT2D eigenvalue weighted by atomic mass is 35.5. The lowest BCUT2D eigenvalue weighted by Gasteiger charge is -2.14. The summed E-state index contributed by atoms with van der Waals surface area (Å²) < 4.78 is 2.18. The molecule has 0 radical (unpaired) electrons. The smallest absolute Gasteiger partial charge is 0.251 e. The van der Waals surface area contributed by atoms with Crippen LogP contribution in [0.3, 0.4) is 0 Å². The summed E-state index contributed by atoms with van der Waals surface area (Å²) >= 11 is 7.71. The lowest BCUT2D eigenvalue weighted by Crippen LogP contribution is -2.26. The Morgan fingerprint density at radius 3 is 2.44 bits per heavy atom. The maximum Gasteiger partial charge on any atom is 0.251 e. The van der Waals surface area contributed by atoms with E-state index in [1.165, 1.54) is 5.56 Å². The van der Waals surface area contributed by atoms with E-state index in [2.05, 4.69) is 14.9 Å². The number of halogens is 1. The Morgan fingerprint density at radius 2 is 1.69 bits per heavy atom. The highest BCUT2D eigenvalue weighted by molar-refractivity contribution is 7.98. The standard InChI is InChI=1S/C29H25ClN4OS/c1-20(23-5-3-2-4-6-23)32-28(35)24-11-7-21(8-12-24)18-34-27-17-31-16-15-26(27)33-29(34)36-19-22-9-13-25(30)14-10-22/h2-17,20H,18-19H2,1H3,(H,32,35). The summed E-state index contributed by atoms with van der Waals surface area (Å²) in [5, 5.41) is 4.73. The van der Waals surface area contributed by atoms with Gasteiger partial charge < -0.3 is 9.88 Å². The SMILES string of the molecule is CC(NC(=O)c1ccc(Cn2c(SCc3ccc(Cl)cc3)nc3ccncc32)cc1)c1ccccc1. The van der Waals surface area contributed by atoms with Gasteiger partial charge in [-0.2, -0.15) is 0 Å². The normalized spacial score (nSPS) is 11.9. The molecule has 1 unspecified atom stereocenters. The van der Waals surface area contributed by atoms with Gasteiger partial charge in [-0.3, -0.25) is 9.78 Å². The van der Waals surface area contributed by atoms with E-state index in [1.807, 2.05) is 98.0 Å². The maximum atomic E-state index is 12.8. The largest absolute Gasteiger partial charge is 0.346 e. The molecule has 0 aliphatic rings. The van der Waals surface area contributed by atoms with Crippen LogP contribution in [0.1, 0.15) is 40.0 Å². The quantitative estimate of drug-likeness (QED) is 0.229. The van der Waals surface area contributed by atoms with Gasteiger partial charge in [0.05, 0.1) is 29.8 Å². The molecule has 5 rings (SSSR count). The average molecular weight is 513 g/mol. The summed E-state index contributed by atoms with van der Waals surface area (Å²) in [7, 11) is 0. The van der Waals surface area contributed by atoms with E-state index >= 15 is 0 Å². The third kappa shape index (κ3) is 5.61. The van der Waals surface area contributed by atoms with Gasteiger partial charge >= 0.3 is 0 Å². The summed E-state index contributed by atoms with van der Waals surface area (Å²) in [5.41, 5.74) is 5.87. The van der Waals surface area contributed by atoms with Crippen molar-refractivity contribution in [2.75, 3.05) is 0 Å². The van der Waals surface area contributed by atoms with Crippen molar-refractivity contribution in [2.24, 2.45) is 0 Å². The number of aromatic nitrogens is 3. The first-order valence-corrected chi connectivity index (χ1v) is 13.1. The molecule has 0 bridgehead atoms. The number of benzene rings is 3. The number of carbonyl (C=O) groups is 1. The van der Waals surface area contributed by atoms with E-state index in [-0.39, 0.29) is 11.9 Å².